The Morgan fingerprint density at radius 1 is 1.24 bits per heavy atom. The van der Waals surface area contributed by atoms with Crippen molar-refractivity contribution in [2.24, 2.45) is 5.41 Å². The molecule has 0 radical (unpaired) electrons. The van der Waals surface area contributed by atoms with E-state index in [4.69, 9.17) is 4.74 Å². The lowest BCUT2D eigenvalue weighted by molar-refractivity contribution is -0.161. The van der Waals surface area contributed by atoms with Crippen molar-refractivity contribution in [2.75, 3.05) is 13.2 Å². The fraction of sp³-hybridized carbons (Fsp3) is 0.500. The Bertz CT molecular complexity index is 462. The average Bonchev–Trinajstić information content (AvgIpc) is 2.23. The Labute approximate surface area is 106 Å². The maximum atomic E-state index is 9.39. The van der Waals surface area contributed by atoms with Crippen LogP contribution in [0.2, 0.25) is 0 Å². The molecule has 1 spiro atoms. The molecule has 1 heterocycles. The summed E-state index contributed by atoms with van der Waals surface area (Å²) in [4.78, 5) is 1.20. The number of nitriles is 1. The van der Waals surface area contributed by atoms with E-state index in [2.05, 4.69) is 37.3 Å². The first-order valence-electron chi connectivity index (χ1n) is 5.90. The minimum absolute atomic E-state index is 0.209. The maximum Gasteiger partial charge on any atom is 0.108 e. The van der Waals surface area contributed by atoms with Gasteiger partial charge in [-0.05, 0) is 31.9 Å². The SMILES string of the molecule is Cc1ccc(SC2(C#N)CC3(COC3)C2)cc1. The molecule has 0 aromatic heterocycles. The van der Waals surface area contributed by atoms with E-state index in [-0.39, 0.29) is 4.75 Å². The summed E-state index contributed by atoms with van der Waals surface area (Å²) in [5.41, 5.74) is 1.60. The molecule has 0 bridgehead atoms. The van der Waals surface area contributed by atoms with Gasteiger partial charge in [-0.1, -0.05) is 17.7 Å². The lowest BCUT2D eigenvalue weighted by Gasteiger charge is -2.56. The Morgan fingerprint density at radius 3 is 2.35 bits per heavy atom. The van der Waals surface area contributed by atoms with Gasteiger partial charge in [-0.3, -0.25) is 0 Å². The van der Waals surface area contributed by atoms with Crippen LogP contribution in [0.15, 0.2) is 29.2 Å². The second kappa shape index (κ2) is 3.76. The molecular formula is C14H15NOS. The number of nitrogens with zero attached hydrogens (tertiary/aromatic N) is 1. The Hall–Kier alpha value is -0.980. The van der Waals surface area contributed by atoms with E-state index in [1.807, 2.05) is 0 Å². The highest BCUT2D eigenvalue weighted by Gasteiger charge is 2.59. The zero-order valence-electron chi connectivity index (χ0n) is 9.90. The Kier molecular flexibility index (Phi) is 2.46. The summed E-state index contributed by atoms with van der Waals surface area (Å²) in [6.45, 7) is 3.79. The van der Waals surface area contributed by atoms with E-state index in [0.29, 0.717) is 5.41 Å². The number of aryl methyl sites for hydroxylation is 1. The van der Waals surface area contributed by atoms with Crippen LogP contribution >= 0.6 is 11.8 Å². The van der Waals surface area contributed by atoms with Crippen molar-refractivity contribution in [3.8, 4) is 6.07 Å². The molecule has 0 atom stereocenters. The molecule has 3 rings (SSSR count). The van der Waals surface area contributed by atoms with Crippen LogP contribution in [0, 0.1) is 23.7 Å². The summed E-state index contributed by atoms with van der Waals surface area (Å²) in [7, 11) is 0. The van der Waals surface area contributed by atoms with Gasteiger partial charge in [0.15, 0.2) is 0 Å². The lowest BCUT2D eigenvalue weighted by atomic mass is 9.60. The van der Waals surface area contributed by atoms with Crippen LogP contribution in [-0.4, -0.2) is 18.0 Å². The zero-order valence-corrected chi connectivity index (χ0v) is 10.7. The minimum atomic E-state index is -0.209. The van der Waals surface area contributed by atoms with E-state index in [1.165, 1.54) is 10.5 Å². The molecule has 1 aliphatic heterocycles. The number of hydrogen-bond donors (Lipinski definition) is 0. The number of hydrogen-bond acceptors (Lipinski definition) is 3. The van der Waals surface area contributed by atoms with Crippen LogP contribution in [0.3, 0.4) is 0 Å². The fourth-order valence-electron chi connectivity index (χ4n) is 2.76. The highest BCUT2D eigenvalue weighted by atomic mass is 32.2. The van der Waals surface area contributed by atoms with Crippen LogP contribution in [0.5, 0.6) is 0 Å². The summed E-state index contributed by atoms with van der Waals surface area (Å²) in [5.74, 6) is 0. The van der Waals surface area contributed by atoms with Gasteiger partial charge in [-0.25, -0.2) is 0 Å². The van der Waals surface area contributed by atoms with Crippen molar-refractivity contribution in [1.29, 1.82) is 5.26 Å². The molecule has 1 aliphatic carbocycles. The second-order valence-corrected chi connectivity index (χ2v) is 6.82. The maximum absolute atomic E-state index is 9.39. The first kappa shape index (κ1) is 11.1. The summed E-state index contributed by atoms with van der Waals surface area (Å²) >= 11 is 1.72. The number of benzene rings is 1. The van der Waals surface area contributed by atoms with Crippen LogP contribution in [0.1, 0.15) is 18.4 Å². The van der Waals surface area contributed by atoms with E-state index in [9.17, 15) is 5.26 Å². The summed E-state index contributed by atoms with van der Waals surface area (Å²) in [6, 6.07) is 10.9. The Morgan fingerprint density at radius 2 is 1.88 bits per heavy atom. The van der Waals surface area contributed by atoms with E-state index >= 15 is 0 Å². The second-order valence-electron chi connectivity index (χ2n) is 5.37. The fourth-order valence-corrected chi connectivity index (χ4v) is 4.29. The molecule has 1 saturated carbocycles. The molecule has 2 aliphatic rings. The first-order valence-corrected chi connectivity index (χ1v) is 6.72. The van der Waals surface area contributed by atoms with Crippen LogP contribution in [0.4, 0.5) is 0 Å². The molecule has 1 saturated heterocycles. The smallest absolute Gasteiger partial charge is 0.108 e. The summed E-state index contributed by atoms with van der Waals surface area (Å²) in [5, 5.41) is 9.39. The largest absolute Gasteiger partial charge is 0.380 e. The monoisotopic (exact) mass is 245 g/mol. The molecule has 2 fully saturated rings. The van der Waals surface area contributed by atoms with Crippen molar-refractivity contribution in [1.82, 2.24) is 0 Å². The van der Waals surface area contributed by atoms with Gasteiger partial charge in [-0.2, -0.15) is 5.26 Å². The van der Waals surface area contributed by atoms with Gasteiger partial charge in [0.2, 0.25) is 0 Å². The quantitative estimate of drug-likeness (QED) is 0.802. The van der Waals surface area contributed by atoms with Crippen molar-refractivity contribution in [3.05, 3.63) is 29.8 Å². The van der Waals surface area contributed by atoms with Crippen molar-refractivity contribution >= 4 is 11.8 Å². The van der Waals surface area contributed by atoms with Crippen LogP contribution < -0.4 is 0 Å². The van der Waals surface area contributed by atoms with Crippen LogP contribution in [-0.2, 0) is 4.74 Å². The van der Waals surface area contributed by atoms with Crippen LogP contribution in [0.25, 0.3) is 0 Å². The normalized spacial score (nSPS) is 23.5. The van der Waals surface area contributed by atoms with Gasteiger partial charge < -0.3 is 4.74 Å². The van der Waals surface area contributed by atoms with Crippen molar-refractivity contribution < 1.29 is 4.74 Å². The third kappa shape index (κ3) is 1.86. The topological polar surface area (TPSA) is 33.0 Å². The van der Waals surface area contributed by atoms with E-state index in [0.717, 1.165) is 26.1 Å². The average molecular weight is 245 g/mol. The molecule has 88 valence electrons. The molecule has 0 N–H and O–H groups in total. The summed E-state index contributed by atoms with van der Waals surface area (Å²) in [6.07, 6.45) is 1.96. The third-order valence-electron chi connectivity index (χ3n) is 3.68. The molecule has 0 unspecified atom stereocenters. The van der Waals surface area contributed by atoms with Gasteiger partial charge in [0.1, 0.15) is 4.75 Å². The van der Waals surface area contributed by atoms with Gasteiger partial charge >= 0.3 is 0 Å². The number of thioether (sulfide) groups is 1. The standard InChI is InChI=1S/C14H15NOS/c1-11-2-4-12(5-3-11)17-14(8-15)6-13(7-14)9-16-10-13/h2-5H,6-7,9-10H2,1H3. The molecule has 1 aromatic carbocycles. The zero-order chi connectivity index (χ0) is 11.9. The molecule has 0 amide bonds. The highest BCUT2D eigenvalue weighted by Crippen LogP contribution is 2.60. The van der Waals surface area contributed by atoms with Crippen molar-refractivity contribution in [2.45, 2.75) is 29.4 Å². The number of rotatable bonds is 2. The molecule has 2 nitrogen and oxygen atoms in total. The number of ether oxygens (including phenoxy) is 1. The minimum Gasteiger partial charge on any atom is -0.380 e. The van der Waals surface area contributed by atoms with Crippen molar-refractivity contribution in [3.63, 3.8) is 0 Å². The molecule has 3 heteroatoms. The Balaban J connectivity index is 1.71. The molecule has 17 heavy (non-hydrogen) atoms. The summed E-state index contributed by atoms with van der Waals surface area (Å²) < 4.78 is 5.06. The predicted octanol–water partition coefficient (Wildman–Crippen LogP) is 3.16. The van der Waals surface area contributed by atoms with Gasteiger partial charge in [0.05, 0.1) is 19.3 Å². The predicted molar refractivity (Wildman–Crippen MR) is 67.9 cm³/mol. The third-order valence-corrected chi connectivity index (χ3v) is 4.95. The lowest BCUT2D eigenvalue weighted by Crippen LogP contribution is -2.59. The highest BCUT2D eigenvalue weighted by molar-refractivity contribution is 8.01. The van der Waals surface area contributed by atoms with E-state index in [1.54, 1.807) is 11.8 Å². The van der Waals surface area contributed by atoms with Gasteiger partial charge in [0.25, 0.3) is 0 Å². The van der Waals surface area contributed by atoms with E-state index < -0.39 is 0 Å². The van der Waals surface area contributed by atoms with Gasteiger partial charge in [0, 0.05) is 10.3 Å². The molecule has 1 aromatic rings. The molecular weight excluding hydrogens is 230 g/mol. The van der Waals surface area contributed by atoms with Gasteiger partial charge in [-0.15, -0.1) is 11.8 Å². The first-order chi connectivity index (χ1) is 8.15.